The van der Waals surface area contributed by atoms with Gasteiger partial charge >= 0.3 is 0 Å². The summed E-state index contributed by atoms with van der Waals surface area (Å²) in [6, 6.07) is 9.99. The minimum absolute atomic E-state index is 0.00207. The second-order valence-electron chi connectivity index (χ2n) is 4.57. The van der Waals surface area contributed by atoms with Gasteiger partial charge in [-0.05, 0) is 5.56 Å². The Morgan fingerprint density at radius 3 is 2.47 bits per heavy atom. The lowest BCUT2D eigenvalue weighted by molar-refractivity contribution is -0.120. The number of morpholine rings is 1. The molecule has 2 atom stereocenters. The van der Waals surface area contributed by atoms with Crippen molar-refractivity contribution < 1.29 is 9.53 Å². The van der Waals surface area contributed by atoms with Crippen molar-refractivity contribution in [2.24, 2.45) is 0 Å². The van der Waals surface area contributed by atoms with E-state index in [4.69, 9.17) is 4.74 Å². The van der Waals surface area contributed by atoms with Crippen molar-refractivity contribution >= 4 is 37.6 Å². The normalized spacial score (nSPS) is 19.9. The summed E-state index contributed by atoms with van der Waals surface area (Å²) in [7, 11) is 0. The molecule has 0 radical (unpaired) electrons. The molecule has 1 aromatic rings. The maximum Gasteiger partial charge on any atom is 0.161 e. The summed E-state index contributed by atoms with van der Waals surface area (Å²) >= 11 is 7.12. The fourth-order valence-corrected chi connectivity index (χ4v) is 3.09. The summed E-state index contributed by atoms with van der Waals surface area (Å²) in [5.74, 6) is 0.202. The second-order valence-corrected chi connectivity index (χ2v) is 6.54. The minimum Gasteiger partial charge on any atom is -0.379 e. The van der Waals surface area contributed by atoms with E-state index in [0.29, 0.717) is 6.54 Å². The van der Waals surface area contributed by atoms with Gasteiger partial charge < -0.3 is 4.74 Å². The molecular weight excluding hydrogens is 374 g/mol. The molecule has 0 aromatic heterocycles. The number of halogens is 2. The van der Waals surface area contributed by atoms with Gasteiger partial charge in [-0.25, -0.2) is 0 Å². The van der Waals surface area contributed by atoms with Gasteiger partial charge in [0.25, 0.3) is 0 Å². The third-order valence-electron chi connectivity index (χ3n) is 3.17. The SMILES string of the molecule is O=C(CN1CCOCC1)[C@@H](Br)[C@H](Br)c1ccccc1. The number of nitrogens with zero attached hydrogens (tertiary/aromatic N) is 1. The maximum absolute atomic E-state index is 12.3. The fraction of sp³-hybridized carbons (Fsp3) is 0.500. The first-order valence-electron chi connectivity index (χ1n) is 6.34. The second kappa shape index (κ2) is 7.53. The van der Waals surface area contributed by atoms with Crippen molar-refractivity contribution in [3.8, 4) is 0 Å². The van der Waals surface area contributed by atoms with Gasteiger partial charge in [-0.2, -0.15) is 0 Å². The highest BCUT2D eigenvalue weighted by atomic mass is 79.9. The zero-order chi connectivity index (χ0) is 13.7. The number of alkyl halides is 2. The van der Waals surface area contributed by atoms with Crippen LogP contribution in [0.25, 0.3) is 0 Å². The molecule has 1 saturated heterocycles. The molecule has 0 spiro atoms. The molecule has 1 aliphatic rings. The van der Waals surface area contributed by atoms with Gasteiger partial charge in [0.15, 0.2) is 5.78 Å². The van der Waals surface area contributed by atoms with Crippen LogP contribution in [-0.4, -0.2) is 48.4 Å². The Morgan fingerprint density at radius 2 is 1.84 bits per heavy atom. The Morgan fingerprint density at radius 1 is 1.21 bits per heavy atom. The first-order chi connectivity index (χ1) is 9.18. The molecule has 0 amide bonds. The van der Waals surface area contributed by atoms with Crippen molar-refractivity contribution in [1.29, 1.82) is 0 Å². The van der Waals surface area contributed by atoms with E-state index in [0.717, 1.165) is 31.9 Å². The smallest absolute Gasteiger partial charge is 0.161 e. The van der Waals surface area contributed by atoms with E-state index in [1.54, 1.807) is 0 Å². The van der Waals surface area contributed by atoms with Gasteiger partial charge in [-0.3, -0.25) is 9.69 Å². The molecule has 5 heteroatoms. The first kappa shape index (κ1) is 15.2. The third kappa shape index (κ3) is 4.38. The van der Waals surface area contributed by atoms with Gasteiger partial charge in [0.1, 0.15) is 0 Å². The summed E-state index contributed by atoms with van der Waals surface area (Å²) in [5.41, 5.74) is 1.11. The summed E-state index contributed by atoms with van der Waals surface area (Å²) in [4.78, 5) is 14.2. The van der Waals surface area contributed by atoms with E-state index in [1.807, 2.05) is 30.3 Å². The van der Waals surface area contributed by atoms with Crippen LogP contribution in [0.5, 0.6) is 0 Å². The molecule has 104 valence electrons. The number of benzene rings is 1. The largest absolute Gasteiger partial charge is 0.379 e. The van der Waals surface area contributed by atoms with Gasteiger partial charge in [-0.1, -0.05) is 62.2 Å². The number of Topliss-reactive ketones (excluding diaryl/α,β-unsaturated/α-hetero) is 1. The molecule has 2 rings (SSSR count). The lowest BCUT2D eigenvalue weighted by Crippen LogP contribution is -2.41. The Kier molecular flexibility index (Phi) is 6.01. The minimum atomic E-state index is -0.210. The van der Waals surface area contributed by atoms with E-state index >= 15 is 0 Å². The molecule has 0 aliphatic carbocycles. The molecule has 1 aliphatic heterocycles. The van der Waals surface area contributed by atoms with E-state index in [-0.39, 0.29) is 15.4 Å². The fourth-order valence-electron chi connectivity index (χ4n) is 2.04. The molecule has 1 fully saturated rings. The predicted octanol–water partition coefficient (Wildman–Crippen LogP) is 2.79. The zero-order valence-electron chi connectivity index (χ0n) is 10.6. The molecule has 19 heavy (non-hydrogen) atoms. The van der Waals surface area contributed by atoms with Crippen molar-refractivity contribution in [3.63, 3.8) is 0 Å². The highest BCUT2D eigenvalue weighted by Gasteiger charge is 2.26. The highest BCUT2D eigenvalue weighted by molar-refractivity contribution is 9.12. The average Bonchev–Trinajstić information content (AvgIpc) is 2.47. The molecule has 1 heterocycles. The van der Waals surface area contributed by atoms with E-state index in [1.165, 1.54) is 0 Å². The zero-order valence-corrected chi connectivity index (χ0v) is 13.8. The predicted molar refractivity (Wildman–Crippen MR) is 83.1 cm³/mol. The first-order valence-corrected chi connectivity index (χ1v) is 8.17. The number of ether oxygens (including phenoxy) is 1. The Balaban J connectivity index is 1.91. The molecule has 3 nitrogen and oxygen atoms in total. The van der Waals surface area contributed by atoms with Crippen molar-refractivity contribution in [1.82, 2.24) is 4.90 Å². The Labute approximate surface area is 130 Å². The number of rotatable bonds is 5. The van der Waals surface area contributed by atoms with Gasteiger partial charge in [0, 0.05) is 13.1 Å². The van der Waals surface area contributed by atoms with Crippen LogP contribution >= 0.6 is 31.9 Å². The van der Waals surface area contributed by atoms with E-state index in [2.05, 4.69) is 36.8 Å². The van der Waals surface area contributed by atoms with Crippen LogP contribution in [0.15, 0.2) is 30.3 Å². The van der Waals surface area contributed by atoms with Gasteiger partial charge in [0.05, 0.1) is 29.4 Å². The van der Waals surface area contributed by atoms with Gasteiger partial charge in [-0.15, -0.1) is 0 Å². The highest BCUT2D eigenvalue weighted by Crippen LogP contribution is 2.31. The Bertz CT molecular complexity index is 407. The third-order valence-corrected chi connectivity index (χ3v) is 5.97. The molecular formula is C14H17Br2NO2. The van der Waals surface area contributed by atoms with E-state index < -0.39 is 0 Å². The summed E-state index contributed by atoms with van der Waals surface area (Å²) < 4.78 is 5.28. The number of carbonyl (C=O) groups excluding carboxylic acids is 1. The van der Waals surface area contributed by atoms with Crippen LogP contribution in [0, 0.1) is 0 Å². The molecule has 0 bridgehead atoms. The lowest BCUT2D eigenvalue weighted by Gasteiger charge is -2.27. The van der Waals surface area contributed by atoms with Crippen LogP contribution in [0.4, 0.5) is 0 Å². The summed E-state index contributed by atoms with van der Waals surface area (Å²) in [6.07, 6.45) is 0. The monoisotopic (exact) mass is 389 g/mol. The van der Waals surface area contributed by atoms with Crippen molar-refractivity contribution in [3.05, 3.63) is 35.9 Å². The van der Waals surface area contributed by atoms with Crippen molar-refractivity contribution in [2.75, 3.05) is 32.8 Å². The number of hydrogen-bond donors (Lipinski definition) is 0. The standard InChI is InChI=1S/C14H17Br2NO2/c15-13(11-4-2-1-3-5-11)14(16)12(18)10-17-6-8-19-9-7-17/h1-5,13-14H,6-10H2/t13-,14-/m1/s1. The summed E-state index contributed by atoms with van der Waals surface area (Å²) in [6.45, 7) is 3.59. The van der Waals surface area contributed by atoms with Crippen LogP contribution < -0.4 is 0 Å². The quantitative estimate of drug-likeness (QED) is 0.724. The molecule has 1 aromatic carbocycles. The number of ketones is 1. The topological polar surface area (TPSA) is 29.5 Å². The van der Waals surface area contributed by atoms with Crippen LogP contribution in [0.2, 0.25) is 0 Å². The summed E-state index contributed by atoms with van der Waals surface area (Å²) in [5, 5.41) is 0. The molecule has 0 saturated carbocycles. The Hall–Kier alpha value is -0.230. The average molecular weight is 391 g/mol. The lowest BCUT2D eigenvalue weighted by atomic mass is 10.1. The van der Waals surface area contributed by atoms with Crippen LogP contribution in [0.1, 0.15) is 10.4 Å². The van der Waals surface area contributed by atoms with Crippen LogP contribution in [-0.2, 0) is 9.53 Å². The molecule has 0 N–H and O–H groups in total. The van der Waals surface area contributed by atoms with Crippen molar-refractivity contribution in [2.45, 2.75) is 9.65 Å². The number of hydrogen-bond acceptors (Lipinski definition) is 3. The number of carbonyl (C=O) groups is 1. The van der Waals surface area contributed by atoms with E-state index in [9.17, 15) is 4.79 Å². The maximum atomic E-state index is 12.3. The van der Waals surface area contributed by atoms with Crippen LogP contribution in [0.3, 0.4) is 0 Å². The molecule has 0 unspecified atom stereocenters. The van der Waals surface area contributed by atoms with Gasteiger partial charge in [0.2, 0.25) is 0 Å².